The molecule has 4 N–H and O–H groups in total. The van der Waals surface area contributed by atoms with Gasteiger partial charge in [0, 0.05) is 13.0 Å². The van der Waals surface area contributed by atoms with Gasteiger partial charge < -0.3 is 34.3 Å². The van der Waals surface area contributed by atoms with Crippen LogP contribution in [-0.2, 0) is 38.3 Å². The Morgan fingerprint density at radius 1 is 0.704 bits per heavy atom. The summed E-state index contributed by atoms with van der Waals surface area (Å²) in [5.74, 6) is -0.414. The number of rotatable bonds is 35. The van der Waals surface area contributed by atoms with Crippen molar-refractivity contribution in [3.63, 3.8) is 0 Å². The second-order valence-electron chi connectivity index (χ2n) is 14.2. The van der Waals surface area contributed by atoms with Gasteiger partial charge in [0.1, 0.15) is 30.5 Å². The molecule has 1 saturated heterocycles. The molecule has 0 amide bonds. The summed E-state index contributed by atoms with van der Waals surface area (Å²) in [6.07, 6.45) is 27.6. The van der Waals surface area contributed by atoms with Crippen molar-refractivity contribution in [1.82, 2.24) is 0 Å². The van der Waals surface area contributed by atoms with E-state index in [9.17, 15) is 28.5 Å². The standard InChI is InChI=1S/C41H74O12S/c1-3-5-7-9-11-13-14-15-16-17-18-19-20-21-22-23-24-26-28-30-37(43)51-35(33-49-31-29-27-25-12-10-8-6-4-2)34-50-41-39(45)40(53-54(46,47)48)38(44)36(32-42)52-41/h11,13,15-16,18-19,35-36,38-42,44-45H,3-10,12,14,17,20-34H2,1-2H3,(H,46,47,48)/b13-11-,16-15-,19-18-. The van der Waals surface area contributed by atoms with Crippen LogP contribution in [0.1, 0.15) is 155 Å². The summed E-state index contributed by atoms with van der Waals surface area (Å²) in [6, 6.07) is 0. The Kier molecular flexibility index (Phi) is 31.2. The summed E-state index contributed by atoms with van der Waals surface area (Å²) in [6.45, 7) is 3.90. The van der Waals surface area contributed by atoms with E-state index in [1.807, 2.05) is 0 Å². The molecule has 1 aliphatic heterocycles. The molecule has 0 aromatic carbocycles. The predicted molar refractivity (Wildman–Crippen MR) is 211 cm³/mol. The fourth-order valence-corrected chi connectivity index (χ4v) is 6.60. The maximum Gasteiger partial charge on any atom is 0.397 e. The lowest BCUT2D eigenvalue weighted by Gasteiger charge is -2.41. The first-order valence-electron chi connectivity index (χ1n) is 20.7. The van der Waals surface area contributed by atoms with Gasteiger partial charge in [-0.2, -0.15) is 8.42 Å². The van der Waals surface area contributed by atoms with Gasteiger partial charge in [-0.3, -0.25) is 9.35 Å². The number of carbonyl (C=O) groups is 1. The van der Waals surface area contributed by atoms with Gasteiger partial charge in [0.05, 0.1) is 19.8 Å². The lowest BCUT2D eigenvalue weighted by molar-refractivity contribution is -0.301. The molecular formula is C41H74O12S. The van der Waals surface area contributed by atoms with Crippen LogP contribution in [0.25, 0.3) is 0 Å². The minimum atomic E-state index is -5.06. The number of aliphatic hydroxyl groups excluding tert-OH is 3. The van der Waals surface area contributed by atoms with E-state index in [1.54, 1.807) is 0 Å². The van der Waals surface area contributed by atoms with E-state index >= 15 is 0 Å². The number of carbonyl (C=O) groups excluding carboxylic acids is 1. The van der Waals surface area contributed by atoms with Crippen LogP contribution in [-0.4, -0.2) is 97.5 Å². The molecule has 1 rings (SSSR count). The van der Waals surface area contributed by atoms with E-state index in [0.29, 0.717) is 13.0 Å². The molecule has 0 spiro atoms. The fraction of sp³-hybridized carbons (Fsp3) is 0.829. The van der Waals surface area contributed by atoms with Crippen molar-refractivity contribution in [1.29, 1.82) is 0 Å². The summed E-state index contributed by atoms with van der Waals surface area (Å²) in [4.78, 5) is 12.8. The highest BCUT2D eigenvalue weighted by Crippen LogP contribution is 2.26. The first kappa shape index (κ1) is 50.3. The van der Waals surface area contributed by atoms with Crippen molar-refractivity contribution in [3.8, 4) is 0 Å². The zero-order valence-electron chi connectivity index (χ0n) is 33.3. The molecule has 6 unspecified atom stereocenters. The number of hydrogen-bond acceptors (Lipinski definition) is 11. The van der Waals surface area contributed by atoms with Crippen LogP contribution in [0.5, 0.6) is 0 Å². The third kappa shape index (κ3) is 27.0. The van der Waals surface area contributed by atoms with Crippen molar-refractivity contribution in [2.24, 2.45) is 0 Å². The monoisotopic (exact) mass is 790 g/mol. The summed E-state index contributed by atoms with van der Waals surface area (Å²) in [7, 11) is -5.06. The minimum absolute atomic E-state index is 0.0311. The van der Waals surface area contributed by atoms with E-state index in [0.717, 1.165) is 70.6 Å². The van der Waals surface area contributed by atoms with E-state index < -0.39 is 59.8 Å². The molecule has 12 nitrogen and oxygen atoms in total. The number of hydrogen-bond donors (Lipinski definition) is 4. The molecule has 316 valence electrons. The summed E-state index contributed by atoms with van der Waals surface area (Å²) < 4.78 is 58.7. The second kappa shape index (κ2) is 33.5. The highest BCUT2D eigenvalue weighted by Gasteiger charge is 2.48. The van der Waals surface area contributed by atoms with Gasteiger partial charge in [0.2, 0.25) is 0 Å². The van der Waals surface area contributed by atoms with Crippen molar-refractivity contribution >= 4 is 16.4 Å². The number of esters is 1. The molecule has 1 heterocycles. The Labute approximate surface area is 326 Å². The average molecular weight is 791 g/mol. The Hall–Kier alpha value is -1.68. The average Bonchev–Trinajstić information content (AvgIpc) is 3.14. The maximum atomic E-state index is 12.8. The molecule has 0 aromatic heterocycles. The van der Waals surface area contributed by atoms with E-state index in [2.05, 4.69) is 54.5 Å². The highest BCUT2D eigenvalue weighted by atomic mass is 32.3. The van der Waals surface area contributed by atoms with Crippen molar-refractivity contribution in [2.45, 2.75) is 192 Å². The number of aliphatic hydroxyl groups is 3. The Morgan fingerprint density at radius 3 is 1.81 bits per heavy atom. The minimum Gasteiger partial charge on any atom is -0.457 e. The third-order valence-electron chi connectivity index (χ3n) is 9.27. The molecule has 6 atom stereocenters. The van der Waals surface area contributed by atoms with Crippen molar-refractivity contribution in [2.75, 3.05) is 26.4 Å². The Morgan fingerprint density at radius 2 is 1.22 bits per heavy atom. The van der Waals surface area contributed by atoms with Gasteiger partial charge >= 0.3 is 16.4 Å². The third-order valence-corrected chi connectivity index (χ3v) is 9.73. The van der Waals surface area contributed by atoms with Crippen LogP contribution in [0.15, 0.2) is 36.5 Å². The molecule has 0 radical (unpaired) electrons. The lowest BCUT2D eigenvalue weighted by Crippen LogP contribution is -2.60. The van der Waals surface area contributed by atoms with Gasteiger partial charge in [-0.05, 0) is 51.4 Å². The van der Waals surface area contributed by atoms with Crippen molar-refractivity contribution < 1.29 is 56.2 Å². The Bertz CT molecular complexity index is 1100. The molecule has 1 aliphatic rings. The number of unbranched alkanes of at least 4 members (excludes halogenated alkanes) is 16. The summed E-state index contributed by atoms with van der Waals surface area (Å²) in [5.41, 5.74) is 0. The number of allylic oxidation sites excluding steroid dienone is 6. The maximum absolute atomic E-state index is 12.8. The molecule has 54 heavy (non-hydrogen) atoms. The van der Waals surface area contributed by atoms with Gasteiger partial charge in [-0.25, -0.2) is 4.18 Å². The first-order valence-corrected chi connectivity index (χ1v) is 22.1. The molecule has 0 bridgehead atoms. The van der Waals surface area contributed by atoms with E-state index in [1.165, 1.54) is 57.8 Å². The van der Waals surface area contributed by atoms with Crippen LogP contribution in [0.2, 0.25) is 0 Å². The fourth-order valence-electron chi connectivity index (χ4n) is 6.09. The highest BCUT2D eigenvalue weighted by molar-refractivity contribution is 7.80. The zero-order valence-corrected chi connectivity index (χ0v) is 34.1. The quantitative estimate of drug-likeness (QED) is 0.0212. The van der Waals surface area contributed by atoms with Crippen LogP contribution in [0.3, 0.4) is 0 Å². The molecular weight excluding hydrogens is 717 g/mol. The molecule has 0 aliphatic carbocycles. The summed E-state index contributed by atoms with van der Waals surface area (Å²) in [5, 5.41) is 30.5. The van der Waals surface area contributed by atoms with Gasteiger partial charge in [-0.1, -0.05) is 134 Å². The molecule has 0 aromatic rings. The van der Waals surface area contributed by atoms with Crippen LogP contribution in [0.4, 0.5) is 0 Å². The SMILES string of the molecule is CCCCC/C=C\C/C=C\C/C=C\CCCCCCCCC(=O)OC(COCCCCCCCCCC)COC1OC(CO)C(O)C(OS(=O)(=O)O)C1O. The van der Waals surface area contributed by atoms with Crippen molar-refractivity contribution in [3.05, 3.63) is 36.5 Å². The molecule has 1 fully saturated rings. The van der Waals surface area contributed by atoms with Gasteiger partial charge in [-0.15, -0.1) is 0 Å². The zero-order chi connectivity index (χ0) is 39.7. The van der Waals surface area contributed by atoms with Gasteiger partial charge in [0.15, 0.2) is 6.29 Å². The van der Waals surface area contributed by atoms with E-state index in [-0.39, 0.29) is 19.6 Å². The second-order valence-corrected chi connectivity index (χ2v) is 15.3. The molecule has 0 saturated carbocycles. The van der Waals surface area contributed by atoms with Crippen LogP contribution >= 0.6 is 0 Å². The first-order chi connectivity index (χ1) is 26.1. The largest absolute Gasteiger partial charge is 0.457 e. The summed E-state index contributed by atoms with van der Waals surface area (Å²) >= 11 is 0. The van der Waals surface area contributed by atoms with Crippen LogP contribution in [0, 0.1) is 0 Å². The topological polar surface area (TPSA) is 178 Å². The lowest BCUT2D eigenvalue weighted by atomic mass is 9.99. The smallest absolute Gasteiger partial charge is 0.397 e. The van der Waals surface area contributed by atoms with E-state index in [4.69, 9.17) is 23.5 Å². The predicted octanol–water partition coefficient (Wildman–Crippen LogP) is 7.85. The van der Waals surface area contributed by atoms with Crippen LogP contribution < -0.4 is 0 Å². The Balaban J connectivity index is 2.43. The molecule has 13 heteroatoms. The normalized spacial score (nSPS) is 21.5. The van der Waals surface area contributed by atoms with Gasteiger partial charge in [0.25, 0.3) is 0 Å². The number of ether oxygens (including phenoxy) is 4.